The number of hydrogen-bond acceptors (Lipinski definition) is 11. The summed E-state index contributed by atoms with van der Waals surface area (Å²) in [6, 6.07) is 7.35. The van der Waals surface area contributed by atoms with E-state index in [1.807, 2.05) is 19.1 Å². The number of carbonyl (C=O) groups is 4. The lowest BCUT2D eigenvalue weighted by molar-refractivity contribution is -0.165. The van der Waals surface area contributed by atoms with Gasteiger partial charge in [-0.15, -0.1) is 0 Å². The highest BCUT2D eigenvalue weighted by molar-refractivity contribution is 5.90. The molecule has 0 aliphatic rings. The SMILES string of the molecule is C=C(NCC(CN/C(C)=N/C(=O)OC(C)(C)C)OC(=O)C(C)(CO)COC(=O)OCc1ccc(C)cc1)NC(=O)OC(C)(C)C. The molecule has 2 unspecified atom stereocenters. The van der Waals surface area contributed by atoms with Crippen molar-refractivity contribution in [3.63, 3.8) is 0 Å². The van der Waals surface area contributed by atoms with Crippen molar-refractivity contribution in [2.45, 2.75) is 86.2 Å². The van der Waals surface area contributed by atoms with Gasteiger partial charge in [0, 0.05) is 0 Å². The molecule has 252 valence electrons. The maximum absolute atomic E-state index is 13.2. The number of hydrogen-bond donors (Lipinski definition) is 4. The molecular formula is C31H48N4O10. The number of rotatable bonds is 13. The molecule has 4 N–H and O–H groups in total. The molecular weight excluding hydrogens is 588 g/mol. The number of nitrogens with zero attached hydrogens (tertiary/aromatic N) is 1. The Hall–Kier alpha value is -4.33. The third-order valence-electron chi connectivity index (χ3n) is 5.53. The zero-order valence-corrected chi connectivity index (χ0v) is 27.7. The number of aryl methyl sites for hydroxylation is 1. The van der Waals surface area contributed by atoms with Crippen LogP contribution in [-0.4, -0.2) is 78.9 Å². The summed E-state index contributed by atoms with van der Waals surface area (Å²) in [7, 11) is 0. The monoisotopic (exact) mass is 636 g/mol. The molecule has 0 aliphatic heterocycles. The molecule has 0 heterocycles. The van der Waals surface area contributed by atoms with Crippen molar-refractivity contribution in [3.8, 4) is 0 Å². The Labute approximate surface area is 264 Å². The number of esters is 1. The van der Waals surface area contributed by atoms with Crippen molar-refractivity contribution in [1.82, 2.24) is 16.0 Å². The van der Waals surface area contributed by atoms with E-state index in [0.29, 0.717) is 0 Å². The van der Waals surface area contributed by atoms with Crippen molar-refractivity contribution < 1.29 is 48.0 Å². The van der Waals surface area contributed by atoms with Crippen LogP contribution in [0.4, 0.5) is 14.4 Å². The first-order valence-electron chi connectivity index (χ1n) is 14.3. The second-order valence-electron chi connectivity index (χ2n) is 12.6. The minimum absolute atomic E-state index is 0.0375. The minimum atomic E-state index is -1.65. The second-order valence-corrected chi connectivity index (χ2v) is 12.6. The molecule has 1 aromatic rings. The first kappa shape index (κ1) is 38.7. The Kier molecular flexibility index (Phi) is 14.8. The fourth-order valence-corrected chi connectivity index (χ4v) is 3.14. The van der Waals surface area contributed by atoms with Crippen molar-refractivity contribution in [3.05, 3.63) is 47.8 Å². The van der Waals surface area contributed by atoms with E-state index in [0.717, 1.165) is 11.1 Å². The van der Waals surface area contributed by atoms with Crippen LogP contribution >= 0.6 is 0 Å². The van der Waals surface area contributed by atoms with Gasteiger partial charge in [0.15, 0.2) is 0 Å². The van der Waals surface area contributed by atoms with Gasteiger partial charge in [-0.2, -0.15) is 4.99 Å². The topological polar surface area (TPSA) is 183 Å². The Balaban J connectivity index is 2.89. The highest BCUT2D eigenvalue weighted by atomic mass is 16.7. The Morgan fingerprint density at radius 3 is 2.04 bits per heavy atom. The van der Waals surface area contributed by atoms with Gasteiger partial charge in [-0.3, -0.25) is 10.1 Å². The van der Waals surface area contributed by atoms with Crippen LogP contribution < -0.4 is 16.0 Å². The average molecular weight is 637 g/mol. The summed E-state index contributed by atoms with van der Waals surface area (Å²) in [6.45, 7) is 17.3. The molecule has 14 nitrogen and oxygen atoms in total. The zero-order chi connectivity index (χ0) is 34.4. The molecule has 0 bridgehead atoms. The minimum Gasteiger partial charge on any atom is -0.458 e. The fourth-order valence-electron chi connectivity index (χ4n) is 3.14. The molecule has 0 saturated carbocycles. The molecule has 1 rings (SSSR count). The van der Waals surface area contributed by atoms with Crippen LogP contribution in [-0.2, 0) is 35.1 Å². The first-order valence-corrected chi connectivity index (χ1v) is 14.3. The highest BCUT2D eigenvalue weighted by Crippen LogP contribution is 2.20. The van der Waals surface area contributed by atoms with Gasteiger partial charge in [0.05, 0.1) is 19.7 Å². The number of aliphatic hydroxyl groups excluding tert-OH is 1. The smallest absolute Gasteiger partial charge is 0.458 e. The van der Waals surface area contributed by atoms with Gasteiger partial charge in [-0.05, 0) is 67.9 Å². The van der Waals surface area contributed by atoms with E-state index >= 15 is 0 Å². The molecule has 0 radical (unpaired) electrons. The number of benzene rings is 1. The molecule has 0 aliphatic carbocycles. The molecule has 2 amide bonds. The van der Waals surface area contributed by atoms with Crippen molar-refractivity contribution in [2.75, 3.05) is 26.3 Å². The predicted molar refractivity (Wildman–Crippen MR) is 166 cm³/mol. The van der Waals surface area contributed by atoms with Crippen molar-refractivity contribution >= 4 is 30.1 Å². The zero-order valence-electron chi connectivity index (χ0n) is 27.7. The first-order chi connectivity index (χ1) is 20.7. The number of amidine groups is 1. The molecule has 0 spiro atoms. The third-order valence-corrected chi connectivity index (χ3v) is 5.53. The number of ether oxygens (including phenoxy) is 5. The summed E-state index contributed by atoms with van der Waals surface area (Å²) in [5.74, 6) is -0.646. The quantitative estimate of drug-likeness (QED) is 0.105. The lowest BCUT2D eigenvalue weighted by Crippen LogP contribution is -2.47. The van der Waals surface area contributed by atoms with E-state index in [1.165, 1.54) is 13.8 Å². The van der Waals surface area contributed by atoms with E-state index in [1.54, 1.807) is 53.7 Å². The largest absolute Gasteiger partial charge is 0.508 e. The van der Waals surface area contributed by atoms with E-state index in [4.69, 9.17) is 23.7 Å². The summed E-state index contributed by atoms with van der Waals surface area (Å²) < 4.78 is 26.2. The van der Waals surface area contributed by atoms with E-state index in [-0.39, 0.29) is 31.4 Å². The molecule has 14 heteroatoms. The summed E-state index contributed by atoms with van der Waals surface area (Å²) in [5, 5.41) is 18.2. The Bertz CT molecular complexity index is 1200. The number of aliphatic imine (C=N–C) groups is 1. The van der Waals surface area contributed by atoms with Crippen LogP contribution in [0.15, 0.2) is 41.7 Å². The number of alkyl carbamates (subject to hydrolysis) is 1. The molecule has 2 atom stereocenters. The lowest BCUT2D eigenvalue weighted by Gasteiger charge is -2.28. The van der Waals surface area contributed by atoms with E-state index < -0.39 is 60.2 Å². The van der Waals surface area contributed by atoms with E-state index in [2.05, 4.69) is 27.5 Å². The molecule has 0 fully saturated rings. The maximum Gasteiger partial charge on any atom is 0.508 e. The highest BCUT2D eigenvalue weighted by Gasteiger charge is 2.38. The molecule has 0 aromatic heterocycles. The number of nitrogens with one attached hydrogen (secondary N) is 3. The lowest BCUT2D eigenvalue weighted by atomic mass is 9.93. The number of aliphatic hydroxyl groups is 1. The van der Waals surface area contributed by atoms with Crippen LogP contribution in [0.5, 0.6) is 0 Å². The van der Waals surface area contributed by atoms with Crippen LogP contribution in [0.2, 0.25) is 0 Å². The van der Waals surface area contributed by atoms with Crippen LogP contribution in [0.1, 0.15) is 66.5 Å². The summed E-state index contributed by atoms with van der Waals surface area (Å²) in [6.07, 6.45) is -3.54. The summed E-state index contributed by atoms with van der Waals surface area (Å²) in [4.78, 5) is 53.3. The number of amides is 2. The molecule has 1 aromatic carbocycles. The van der Waals surface area contributed by atoms with Gasteiger partial charge >= 0.3 is 24.3 Å². The van der Waals surface area contributed by atoms with Crippen LogP contribution in [0, 0.1) is 12.3 Å². The third kappa shape index (κ3) is 16.9. The Morgan fingerprint density at radius 2 is 1.49 bits per heavy atom. The van der Waals surface area contributed by atoms with Crippen molar-refractivity contribution in [2.24, 2.45) is 10.4 Å². The van der Waals surface area contributed by atoms with Gasteiger partial charge in [0.25, 0.3) is 0 Å². The average Bonchev–Trinajstić information content (AvgIpc) is 2.90. The Morgan fingerprint density at radius 1 is 0.911 bits per heavy atom. The van der Waals surface area contributed by atoms with Gasteiger partial charge in [-0.1, -0.05) is 36.4 Å². The summed E-state index contributed by atoms with van der Waals surface area (Å²) in [5.41, 5.74) is -1.32. The fraction of sp³-hybridized carbons (Fsp3) is 0.581. The molecule has 45 heavy (non-hydrogen) atoms. The normalized spacial score (nSPS) is 13.8. The number of carbonyl (C=O) groups excluding carboxylic acids is 4. The standard InChI is InChI=1S/C31H48N4O10/c1-20-11-13-23(14-12-20)17-41-28(40)42-19-31(10,18-36)25(37)43-24(15-32-21(2)34-26(38)44-29(4,5)6)16-33-22(3)35-27(39)45-30(7,8)9/h11-14,24,32,36H,2,15-19H2,1,3-10H3,(H,34,38)(H,33,35,39). The van der Waals surface area contributed by atoms with Crippen molar-refractivity contribution in [1.29, 1.82) is 0 Å². The van der Waals surface area contributed by atoms with Crippen LogP contribution in [0.3, 0.4) is 0 Å². The van der Waals surface area contributed by atoms with Gasteiger partial charge in [0.1, 0.15) is 47.6 Å². The molecule has 0 saturated heterocycles. The van der Waals surface area contributed by atoms with Gasteiger partial charge < -0.3 is 39.4 Å². The van der Waals surface area contributed by atoms with Gasteiger partial charge in [0.2, 0.25) is 0 Å². The van der Waals surface area contributed by atoms with E-state index in [9.17, 15) is 24.3 Å². The predicted octanol–water partition coefficient (Wildman–Crippen LogP) is 4.09. The van der Waals surface area contributed by atoms with Gasteiger partial charge in [-0.25, -0.2) is 14.4 Å². The second kappa shape index (κ2) is 17.2. The summed E-state index contributed by atoms with van der Waals surface area (Å²) >= 11 is 0. The van der Waals surface area contributed by atoms with Crippen LogP contribution in [0.25, 0.3) is 0 Å². The maximum atomic E-state index is 13.2.